The fourth-order valence-electron chi connectivity index (χ4n) is 5.20. The third-order valence-corrected chi connectivity index (χ3v) is 8.00. The Morgan fingerprint density at radius 3 is 2.30 bits per heavy atom. The summed E-state index contributed by atoms with van der Waals surface area (Å²) in [6.07, 6.45) is -3.35. The second-order valence-corrected chi connectivity index (χ2v) is 11.1. The van der Waals surface area contributed by atoms with Gasteiger partial charge in [0.2, 0.25) is 0 Å². The fraction of sp³-hybridized carbons (Fsp3) is 0.310. The minimum Gasteiger partial charge on any atom is -0.338 e. The summed E-state index contributed by atoms with van der Waals surface area (Å²) in [5, 5.41) is 0. The lowest BCUT2D eigenvalue weighted by atomic mass is 9.91. The molecule has 2 heterocycles. The minimum absolute atomic E-state index is 0.0742. The molecular weight excluding hydrogens is 497 g/mol. The maximum absolute atomic E-state index is 13.7. The molecule has 8 heteroatoms. The van der Waals surface area contributed by atoms with Gasteiger partial charge in [0, 0.05) is 28.4 Å². The van der Waals surface area contributed by atoms with Crippen molar-refractivity contribution >= 4 is 29.3 Å². The first-order chi connectivity index (χ1) is 17.6. The Balaban J connectivity index is 1.53. The van der Waals surface area contributed by atoms with Gasteiger partial charge in [0.05, 0.1) is 23.4 Å². The third-order valence-electron chi connectivity index (χ3n) is 6.86. The van der Waals surface area contributed by atoms with Gasteiger partial charge in [-0.15, -0.1) is 0 Å². The highest BCUT2D eigenvalue weighted by Gasteiger charge is 2.32. The predicted molar refractivity (Wildman–Crippen MR) is 138 cm³/mol. The van der Waals surface area contributed by atoms with Crippen LogP contribution in [0.4, 0.5) is 18.9 Å². The zero-order valence-corrected chi connectivity index (χ0v) is 21.4. The molecule has 0 N–H and O–H groups in total. The second kappa shape index (κ2) is 9.89. The summed E-state index contributed by atoms with van der Waals surface area (Å²) in [4.78, 5) is 32.2. The second-order valence-electron chi connectivity index (χ2n) is 10.0. The number of likely N-dealkylation sites (tertiary alicyclic amines) is 1. The van der Waals surface area contributed by atoms with Crippen LogP contribution in [0.25, 0.3) is 0 Å². The van der Waals surface area contributed by atoms with Gasteiger partial charge in [-0.3, -0.25) is 9.59 Å². The molecular formula is C29H27F3N2O2S. The van der Waals surface area contributed by atoms with Crippen LogP contribution >= 0.6 is 11.8 Å². The Kier molecular flexibility index (Phi) is 6.79. The molecule has 2 amide bonds. The maximum Gasteiger partial charge on any atom is 0.416 e. The number of nitrogens with zero attached hydrogens (tertiary/aromatic N) is 2. The van der Waals surface area contributed by atoms with Crippen molar-refractivity contribution in [1.29, 1.82) is 0 Å². The lowest BCUT2D eigenvalue weighted by Crippen LogP contribution is -2.42. The first-order valence-electron chi connectivity index (χ1n) is 12.3. The van der Waals surface area contributed by atoms with Crippen molar-refractivity contribution in [1.82, 2.24) is 4.90 Å². The van der Waals surface area contributed by atoms with E-state index in [0.717, 1.165) is 28.3 Å². The molecule has 0 spiro atoms. The van der Waals surface area contributed by atoms with Crippen molar-refractivity contribution in [3.63, 3.8) is 0 Å². The molecule has 0 bridgehead atoms. The number of benzene rings is 3. The molecule has 5 rings (SSSR count). The number of rotatable bonds is 3. The normalized spacial score (nSPS) is 19.8. The number of amides is 2. The molecule has 0 aromatic heterocycles. The molecule has 1 saturated heterocycles. The topological polar surface area (TPSA) is 40.6 Å². The Labute approximate surface area is 218 Å². The zero-order chi connectivity index (χ0) is 26.3. The van der Waals surface area contributed by atoms with Crippen LogP contribution in [0.15, 0.2) is 76.5 Å². The van der Waals surface area contributed by atoms with E-state index < -0.39 is 11.7 Å². The standard InChI is InChI=1S/C29H27F3N2O2S/c1-18-13-19(2)16-33(15-18)27(35)21-9-12-26-24(14-21)34(28(36)23-5-3-4-6-25(23)37-26)17-20-7-10-22(11-8-20)29(30,31)32/h3-12,14,18-19H,13,15-17H2,1-2H3/t18-,19-/m0/s1. The van der Waals surface area contributed by atoms with Crippen LogP contribution in [-0.4, -0.2) is 29.8 Å². The molecule has 0 aliphatic carbocycles. The van der Waals surface area contributed by atoms with E-state index in [0.29, 0.717) is 47.3 Å². The van der Waals surface area contributed by atoms with Crippen LogP contribution < -0.4 is 4.90 Å². The van der Waals surface area contributed by atoms with E-state index in [9.17, 15) is 22.8 Å². The van der Waals surface area contributed by atoms with Gasteiger partial charge in [0.1, 0.15) is 0 Å². The van der Waals surface area contributed by atoms with Crippen molar-refractivity contribution < 1.29 is 22.8 Å². The molecule has 4 nitrogen and oxygen atoms in total. The summed E-state index contributed by atoms with van der Waals surface area (Å²) < 4.78 is 39.2. The number of piperidine rings is 1. The summed E-state index contributed by atoms with van der Waals surface area (Å²) in [5.41, 5.74) is 1.42. The summed E-state index contributed by atoms with van der Waals surface area (Å²) in [5.74, 6) is 0.495. The number of halogens is 3. The lowest BCUT2D eigenvalue weighted by molar-refractivity contribution is -0.137. The van der Waals surface area contributed by atoms with Crippen LogP contribution in [0, 0.1) is 11.8 Å². The highest BCUT2D eigenvalue weighted by molar-refractivity contribution is 7.99. The molecule has 0 radical (unpaired) electrons. The van der Waals surface area contributed by atoms with Crippen molar-refractivity contribution in [2.24, 2.45) is 11.8 Å². The fourth-order valence-corrected chi connectivity index (χ4v) is 6.26. The van der Waals surface area contributed by atoms with Crippen molar-refractivity contribution in [2.45, 2.75) is 42.8 Å². The molecule has 0 unspecified atom stereocenters. The maximum atomic E-state index is 13.7. The Hall–Kier alpha value is -3.26. The predicted octanol–water partition coefficient (Wildman–Crippen LogP) is 7.14. The molecule has 2 aliphatic heterocycles. The van der Waals surface area contributed by atoms with Gasteiger partial charge in [0.25, 0.3) is 11.8 Å². The Morgan fingerprint density at radius 1 is 0.946 bits per heavy atom. The smallest absolute Gasteiger partial charge is 0.338 e. The van der Waals surface area contributed by atoms with Crippen molar-refractivity contribution in [3.05, 3.63) is 89.0 Å². The number of anilines is 1. The van der Waals surface area contributed by atoms with E-state index in [2.05, 4.69) is 13.8 Å². The average Bonchev–Trinajstić information content (AvgIpc) is 2.97. The summed E-state index contributed by atoms with van der Waals surface area (Å²) >= 11 is 1.45. The van der Waals surface area contributed by atoms with Crippen LogP contribution in [-0.2, 0) is 12.7 Å². The van der Waals surface area contributed by atoms with Gasteiger partial charge in [0.15, 0.2) is 0 Å². The minimum atomic E-state index is -4.43. The van der Waals surface area contributed by atoms with E-state index in [1.54, 1.807) is 29.2 Å². The number of alkyl halides is 3. The lowest BCUT2D eigenvalue weighted by Gasteiger charge is -2.35. The van der Waals surface area contributed by atoms with Gasteiger partial charge in [-0.05, 0) is 66.3 Å². The SMILES string of the molecule is C[C@H]1C[C@H](C)CN(C(=O)c2ccc3c(c2)N(Cc2ccc(C(F)(F)F)cc2)C(=O)c2ccccc2S3)C1. The zero-order valence-electron chi connectivity index (χ0n) is 20.6. The number of hydrogen-bond acceptors (Lipinski definition) is 3. The van der Waals surface area contributed by atoms with Crippen LogP contribution in [0.3, 0.4) is 0 Å². The molecule has 1 fully saturated rings. The number of carbonyl (C=O) groups excluding carboxylic acids is 2. The molecule has 2 atom stereocenters. The Bertz CT molecular complexity index is 1330. The monoisotopic (exact) mass is 524 g/mol. The highest BCUT2D eigenvalue weighted by atomic mass is 32.2. The van der Waals surface area contributed by atoms with E-state index in [4.69, 9.17) is 0 Å². The van der Waals surface area contributed by atoms with E-state index >= 15 is 0 Å². The highest BCUT2D eigenvalue weighted by Crippen LogP contribution is 2.42. The molecule has 3 aromatic rings. The van der Waals surface area contributed by atoms with E-state index in [-0.39, 0.29) is 18.4 Å². The Morgan fingerprint density at radius 2 is 1.62 bits per heavy atom. The quantitative estimate of drug-likeness (QED) is 0.366. The third kappa shape index (κ3) is 5.25. The molecule has 0 saturated carbocycles. The van der Waals surface area contributed by atoms with Gasteiger partial charge >= 0.3 is 6.18 Å². The van der Waals surface area contributed by atoms with E-state index in [1.165, 1.54) is 23.9 Å². The molecule has 3 aromatic carbocycles. The molecule has 37 heavy (non-hydrogen) atoms. The van der Waals surface area contributed by atoms with Gasteiger partial charge in [-0.1, -0.05) is 49.9 Å². The summed E-state index contributed by atoms with van der Waals surface area (Å²) in [6.45, 7) is 5.74. The average molecular weight is 525 g/mol. The van der Waals surface area contributed by atoms with Crippen LogP contribution in [0.5, 0.6) is 0 Å². The van der Waals surface area contributed by atoms with Gasteiger partial charge in [-0.2, -0.15) is 13.2 Å². The van der Waals surface area contributed by atoms with Crippen LogP contribution in [0.1, 0.15) is 52.1 Å². The van der Waals surface area contributed by atoms with E-state index in [1.807, 2.05) is 23.1 Å². The first kappa shape index (κ1) is 25.4. The summed E-state index contributed by atoms with van der Waals surface area (Å²) in [6, 6.07) is 17.5. The first-order valence-corrected chi connectivity index (χ1v) is 13.1. The number of carbonyl (C=O) groups is 2. The number of hydrogen-bond donors (Lipinski definition) is 0. The van der Waals surface area contributed by atoms with Gasteiger partial charge in [-0.25, -0.2) is 0 Å². The van der Waals surface area contributed by atoms with Gasteiger partial charge < -0.3 is 9.80 Å². The number of fused-ring (bicyclic) bond motifs is 2. The van der Waals surface area contributed by atoms with Crippen molar-refractivity contribution in [2.75, 3.05) is 18.0 Å². The molecule has 2 aliphatic rings. The largest absolute Gasteiger partial charge is 0.416 e. The summed E-state index contributed by atoms with van der Waals surface area (Å²) in [7, 11) is 0. The van der Waals surface area contributed by atoms with Crippen LogP contribution in [0.2, 0.25) is 0 Å². The molecule has 192 valence electrons. The van der Waals surface area contributed by atoms with Crippen molar-refractivity contribution in [3.8, 4) is 0 Å².